The van der Waals surface area contributed by atoms with E-state index in [9.17, 15) is 14.7 Å². The summed E-state index contributed by atoms with van der Waals surface area (Å²) in [6.45, 7) is 5.61. The number of nitrogens with zero attached hydrogens (tertiary/aromatic N) is 1. The van der Waals surface area contributed by atoms with Crippen LogP contribution in [0.1, 0.15) is 37.7 Å². The summed E-state index contributed by atoms with van der Waals surface area (Å²) < 4.78 is 0. The second-order valence-electron chi connectivity index (χ2n) is 5.67. The molecule has 0 aliphatic heterocycles. The van der Waals surface area contributed by atoms with Crippen LogP contribution in [0.3, 0.4) is 0 Å². The highest BCUT2D eigenvalue weighted by Crippen LogP contribution is 2.26. The number of aromatic amines is 1. The predicted octanol–water partition coefficient (Wildman–Crippen LogP) is 2.44. The minimum Gasteiger partial charge on any atom is -0.544 e. The first-order valence-corrected chi connectivity index (χ1v) is 8.18. The Kier molecular flexibility index (Phi) is 4.07. The van der Waals surface area contributed by atoms with Gasteiger partial charge in [-0.2, -0.15) is 0 Å². The van der Waals surface area contributed by atoms with Gasteiger partial charge in [0.05, 0.1) is 16.2 Å². The fourth-order valence-corrected chi connectivity index (χ4v) is 3.57. The average Bonchev–Trinajstić information content (AvgIpc) is 2.86. The highest BCUT2D eigenvalue weighted by molar-refractivity contribution is 7.20. The predicted molar refractivity (Wildman–Crippen MR) is 94.2 cm³/mol. The fourth-order valence-electron chi connectivity index (χ4n) is 2.54. The van der Waals surface area contributed by atoms with E-state index in [4.69, 9.17) is 0 Å². The molecule has 0 bridgehead atoms. The summed E-state index contributed by atoms with van der Waals surface area (Å²) in [4.78, 5) is 30.8. The molecule has 2 aromatic heterocycles. The molecule has 0 aliphatic carbocycles. The van der Waals surface area contributed by atoms with Crippen molar-refractivity contribution in [2.24, 2.45) is 0 Å². The molecule has 0 fully saturated rings. The van der Waals surface area contributed by atoms with Crippen LogP contribution in [0.25, 0.3) is 22.4 Å². The van der Waals surface area contributed by atoms with E-state index in [-0.39, 0.29) is 10.4 Å². The van der Waals surface area contributed by atoms with Gasteiger partial charge < -0.3 is 14.9 Å². The number of carbonyl (C=O) groups excluding carboxylic acids is 1. The van der Waals surface area contributed by atoms with Gasteiger partial charge >= 0.3 is 0 Å². The molecule has 1 N–H and O–H groups in total. The number of nitrogens with one attached hydrogen (secondary N) is 1. The van der Waals surface area contributed by atoms with Gasteiger partial charge in [0.25, 0.3) is 5.56 Å². The lowest BCUT2D eigenvalue weighted by atomic mass is 10.1. The molecule has 0 spiro atoms. The number of aromatic nitrogens is 2. The third kappa shape index (κ3) is 2.88. The number of hydrogen-bond acceptors (Lipinski definition) is 5. The van der Waals surface area contributed by atoms with Crippen LogP contribution >= 0.6 is 11.3 Å². The molecule has 2 heterocycles. The highest BCUT2D eigenvalue weighted by Gasteiger charge is 2.14. The number of aromatic carboxylic acids is 1. The molecule has 3 rings (SSSR count). The molecule has 0 saturated carbocycles. The van der Waals surface area contributed by atoms with Gasteiger partial charge in [0.15, 0.2) is 0 Å². The van der Waals surface area contributed by atoms with Crippen molar-refractivity contribution in [3.63, 3.8) is 0 Å². The Bertz CT molecular complexity index is 1040. The Hall–Kier alpha value is -2.73. The summed E-state index contributed by atoms with van der Waals surface area (Å²) in [5, 5.41) is 11.4. The van der Waals surface area contributed by atoms with Gasteiger partial charge in [0.2, 0.25) is 0 Å². The van der Waals surface area contributed by atoms with Gasteiger partial charge in [-0.3, -0.25) is 4.79 Å². The summed E-state index contributed by atoms with van der Waals surface area (Å²) in [5.41, 5.74) is 3.35. The van der Waals surface area contributed by atoms with E-state index in [1.54, 1.807) is 13.0 Å². The van der Waals surface area contributed by atoms with Crippen molar-refractivity contribution in [2.45, 2.75) is 20.8 Å². The van der Waals surface area contributed by atoms with E-state index in [2.05, 4.69) is 9.97 Å². The van der Waals surface area contributed by atoms with Crippen LogP contribution in [0, 0.1) is 20.8 Å². The van der Waals surface area contributed by atoms with Crippen molar-refractivity contribution in [1.82, 2.24) is 9.97 Å². The Morgan fingerprint density at radius 2 is 2.00 bits per heavy atom. The van der Waals surface area contributed by atoms with Crippen LogP contribution in [0.2, 0.25) is 0 Å². The molecule has 0 amide bonds. The smallest absolute Gasteiger partial charge is 0.260 e. The molecule has 0 atom stereocenters. The zero-order chi connectivity index (χ0) is 17.4. The Balaban J connectivity index is 2.08. The zero-order valence-corrected chi connectivity index (χ0v) is 14.3. The van der Waals surface area contributed by atoms with Crippen molar-refractivity contribution >= 4 is 39.7 Å². The summed E-state index contributed by atoms with van der Waals surface area (Å²) in [5.74, 6) is -0.901. The number of H-pyrrole nitrogens is 1. The third-order valence-electron chi connectivity index (χ3n) is 3.86. The average molecular weight is 339 g/mol. The molecule has 122 valence electrons. The molecule has 0 saturated heterocycles. The Labute approximate surface area is 142 Å². The maximum atomic E-state index is 12.3. The number of carboxylic acid groups (broad SMARTS) is 1. The number of carboxylic acids is 1. The van der Waals surface area contributed by atoms with Crippen LogP contribution in [0.4, 0.5) is 0 Å². The summed E-state index contributed by atoms with van der Waals surface area (Å²) in [7, 11) is 0. The van der Waals surface area contributed by atoms with Crippen LogP contribution in [0.15, 0.2) is 23.0 Å². The normalized spacial score (nSPS) is 11.5. The van der Waals surface area contributed by atoms with Crippen LogP contribution in [0.5, 0.6) is 0 Å². The Morgan fingerprint density at radius 3 is 2.71 bits per heavy atom. The maximum Gasteiger partial charge on any atom is 0.260 e. The second-order valence-corrected chi connectivity index (χ2v) is 6.67. The third-order valence-corrected chi connectivity index (χ3v) is 5.03. The lowest BCUT2D eigenvalue weighted by Gasteiger charge is -2.01. The molecular formula is C18H15N2O3S-. The first kappa shape index (κ1) is 16.1. The summed E-state index contributed by atoms with van der Waals surface area (Å²) >= 11 is 0.961. The first-order chi connectivity index (χ1) is 11.4. The molecule has 0 unspecified atom stereocenters. The molecule has 3 aromatic rings. The van der Waals surface area contributed by atoms with Crippen LogP contribution < -0.4 is 10.7 Å². The second kappa shape index (κ2) is 6.05. The number of hydrogen-bond donors (Lipinski definition) is 1. The summed E-state index contributed by atoms with van der Waals surface area (Å²) in [6.07, 6.45) is 3.60. The topological polar surface area (TPSA) is 85.9 Å². The van der Waals surface area contributed by atoms with Gasteiger partial charge in [0.1, 0.15) is 10.7 Å². The van der Waals surface area contributed by atoms with Crippen LogP contribution in [-0.2, 0) is 0 Å². The van der Waals surface area contributed by atoms with E-state index in [1.807, 2.05) is 38.1 Å². The largest absolute Gasteiger partial charge is 0.544 e. The van der Waals surface area contributed by atoms with Gasteiger partial charge in [-0.05, 0) is 43.5 Å². The maximum absolute atomic E-state index is 12.3. The van der Waals surface area contributed by atoms with Gasteiger partial charge in [-0.1, -0.05) is 29.8 Å². The lowest BCUT2D eigenvalue weighted by molar-refractivity contribution is -0.254. The molecular weight excluding hydrogens is 324 g/mol. The molecule has 0 radical (unpaired) electrons. The van der Waals surface area contributed by atoms with E-state index < -0.39 is 5.97 Å². The molecule has 6 heteroatoms. The molecule has 0 aliphatic rings. The van der Waals surface area contributed by atoms with Gasteiger partial charge in [0, 0.05) is 0 Å². The minimum absolute atomic E-state index is 0.0404. The van der Waals surface area contributed by atoms with Crippen molar-refractivity contribution in [1.29, 1.82) is 0 Å². The van der Waals surface area contributed by atoms with E-state index in [1.165, 1.54) is 0 Å². The van der Waals surface area contributed by atoms with Crippen LogP contribution in [-0.4, -0.2) is 15.9 Å². The molecule has 1 aromatic carbocycles. The highest BCUT2D eigenvalue weighted by atomic mass is 32.1. The Morgan fingerprint density at radius 1 is 1.25 bits per heavy atom. The van der Waals surface area contributed by atoms with Crippen molar-refractivity contribution in [3.8, 4) is 0 Å². The monoisotopic (exact) mass is 339 g/mol. The number of fused-ring (bicyclic) bond motifs is 1. The van der Waals surface area contributed by atoms with E-state index >= 15 is 0 Å². The van der Waals surface area contributed by atoms with E-state index in [0.29, 0.717) is 21.6 Å². The quantitative estimate of drug-likeness (QED) is 0.794. The number of aryl methyl sites for hydroxylation is 3. The number of thiophene rings is 1. The van der Waals surface area contributed by atoms with Gasteiger partial charge in [-0.15, -0.1) is 11.3 Å². The van der Waals surface area contributed by atoms with Gasteiger partial charge in [-0.25, -0.2) is 4.98 Å². The number of benzene rings is 1. The number of rotatable bonds is 3. The van der Waals surface area contributed by atoms with E-state index in [0.717, 1.165) is 28.0 Å². The zero-order valence-electron chi connectivity index (χ0n) is 13.5. The van der Waals surface area contributed by atoms with Crippen molar-refractivity contribution < 1.29 is 9.90 Å². The fraction of sp³-hybridized carbons (Fsp3) is 0.167. The number of carbonyl (C=O) groups is 1. The minimum atomic E-state index is -1.29. The molecule has 24 heavy (non-hydrogen) atoms. The van der Waals surface area contributed by atoms with Crippen molar-refractivity contribution in [2.75, 3.05) is 0 Å². The summed E-state index contributed by atoms with van der Waals surface area (Å²) in [6, 6.07) is 6.11. The van der Waals surface area contributed by atoms with Crippen molar-refractivity contribution in [3.05, 3.63) is 61.5 Å². The SMILES string of the molecule is Cc1ccc(C)c(/C=C/c2nc3sc(C(=O)[O-])c(C)c3c(=O)[nH]2)c1. The first-order valence-electron chi connectivity index (χ1n) is 7.37. The lowest BCUT2D eigenvalue weighted by Crippen LogP contribution is -2.21. The molecule has 5 nitrogen and oxygen atoms in total. The standard InChI is InChI=1S/C18H16N2O3S/c1-9-4-5-10(2)12(8-9)6-7-13-19-16(21)14-11(3)15(18(22)23)24-17(14)20-13/h4-8H,1-3H3,(H,22,23)(H,19,20,21)/p-1/b7-6+.